The molecule has 3 aliphatic rings. The van der Waals surface area contributed by atoms with Crippen molar-refractivity contribution >= 4 is 0 Å². The molecule has 0 aromatic heterocycles. The minimum atomic E-state index is -0.133. The Morgan fingerprint density at radius 2 is 1.82 bits per heavy atom. The van der Waals surface area contributed by atoms with Gasteiger partial charge in [-0.15, -0.1) is 0 Å². The van der Waals surface area contributed by atoms with Crippen molar-refractivity contribution in [2.75, 3.05) is 32.9 Å². The second kappa shape index (κ2) is 6.39. The zero-order valence-corrected chi connectivity index (χ0v) is 14.9. The maximum atomic E-state index is 12.4. The molecule has 2 saturated heterocycles. The molecule has 2 nitrogen and oxygen atoms in total. The van der Waals surface area contributed by atoms with E-state index in [-0.39, 0.29) is 6.67 Å². The molecule has 3 rings (SSSR count). The molecule has 1 atom stereocenters. The molecular formula is C19H35FN2. The second-order valence-corrected chi connectivity index (χ2v) is 9.01. The molecular weight excluding hydrogens is 275 g/mol. The Morgan fingerprint density at radius 3 is 2.36 bits per heavy atom. The summed E-state index contributed by atoms with van der Waals surface area (Å²) in [6.45, 7) is 12.2. The molecule has 1 unspecified atom stereocenters. The summed E-state index contributed by atoms with van der Waals surface area (Å²) in [5.41, 5.74) is 1.13. The average molecular weight is 311 g/mol. The topological polar surface area (TPSA) is 6.48 Å². The number of alkyl halides is 1. The van der Waals surface area contributed by atoms with Crippen LogP contribution < -0.4 is 0 Å². The van der Waals surface area contributed by atoms with Crippen LogP contribution in [-0.2, 0) is 0 Å². The van der Waals surface area contributed by atoms with Gasteiger partial charge in [0.1, 0.15) is 0 Å². The third-order valence-corrected chi connectivity index (χ3v) is 6.83. The predicted octanol–water partition coefficient (Wildman–Crippen LogP) is 4.10. The van der Waals surface area contributed by atoms with Gasteiger partial charge in [-0.3, -0.25) is 9.29 Å². The number of nitrogens with zero attached hydrogens (tertiary/aromatic N) is 2. The van der Waals surface area contributed by atoms with Crippen LogP contribution in [0.5, 0.6) is 0 Å². The Hall–Kier alpha value is -0.150. The van der Waals surface area contributed by atoms with Crippen LogP contribution in [0.25, 0.3) is 0 Å². The average Bonchev–Trinajstić information content (AvgIpc) is 3.25. The fraction of sp³-hybridized carbons (Fsp3) is 1.00. The van der Waals surface area contributed by atoms with E-state index >= 15 is 0 Å². The summed E-state index contributed by atoms with van der Waals surface area (Å²) < 4.78 is 12.4. The molecule has 0 N–H and O–H groups in total. The van der Waals surface area contributed by atoms with Crippen LogP contribution in [0.1, 0.15) is 65.7 Å². The van der Waals surface area contributed by atoms with E-state index in [2.05, 4.69) is 30.6 Å². The maximum absolute atomic E-state index is 12.4. The fourth-order valence-electron chi connectivity index (χ4n) is 4.42. The van der Waals surface area contributed by atoms with Crippen molar-refractivity contribution in [2.24, 2.45) is 11.3 Å². The highest BCUT2D eigenvalue weighted by Crippen LogP contribution is 2.55. The van der Waals surface area contributed by atoms with Crippen molar-refractivity contribution in [1.82, 2.24) is 9.80 Å². The molecule has 0 amide bonds. The van der Waals surface area contributed by atoms with Crippen molar-refractivity contribution in [2.45, 2.75) is 77.3 Å². The van der Waals surface area contributed by atoms with Crippen LogP contribution in [0.4, 0.5) is 4.39 Å². The Labute approximate surface area is 136 Å². The summed E-state index contributed by atoms with van der Waals surface area (Å²) in [6.07, 6.45) is 8.73. The van der Waals surface area contributed by atoms with E-state index in [4.69, 9.17) is 0 Å². The first kappa shape index (κ1) is 16.7. The van der Waals surface area contributed by atoms with E-state index in [0.717, 1.165) is 11.8 Å². The van der Waals surface area contributed by atoms with Crippen LogP contribution >= 0.6 is 0 Å². The number of likely N-dealkylation sites (tertiary alicyclic amines) is 2. The first-order valence-electron chi connectivity index (χ1n) is 9.49. The standard InChI is InChI=1S/C19H35FN2/c1-16(21-12-6-17(5-11-20)7-13-21)4-8-18(2,3)22-14-19(15-22)9-10-19/h16-17H,4-15H2,1-3H3. The first-order valence-corrected chi connectivity index (χ1v) is 9.49. The molecule has 1 spiro atoms. The monoisotopic (exact) mass is 310 g/mol. The number of piperidine rings is 1. The minimum absolute atomic E-state index is 0.133. The number of halogens is 1. The van der Waals surface area contributed by atoms with Crippen LogP contribution in [0, 0.1) is 11.3 Å². The molecule has 0 radical (unpaired) electrons. The van der Waals surface area contributed by atoms with Crippen molar-refractivity contribution in [3.05, 3.63) is 0 Å². The molecule has 128 valence electrons. The zero-order chi connectivity index (χ0) is 15.8. The zero-order valence-electron chi connectivity index (χ0n) is 14.9. The SMILES string of the molecule is CC(CCC(C)(C)N1CC2(CC2)C1)N1CCC(CCF)CC1. The van der Waals surface area contributed by atoms with Gasteiger partial charge in [-0.1, -0.05) is 0 Å². The highest BCUT2D eigenvalue weighted by atomic mass is 19.1. The molecule has 3 heteroatoms. The summed E-state index contributed by atoms with van der Waals surface area (Å²) in [6, 6.07) is 0.682. The number of rotatable bonds is 7. The molecule has 2 aliphatic heterocycles. The fourth-order valence-corrected chi connectivity index (χ4v) is 4.42. The molecule has 0 aromatic carbocycles. The van der Waals surface area contributed by atoms with Crippen LogP contribution in [0.15, 0.2) is 0 Å². The highest BCUT2D eigenvalue weighted by Gasteiger charge is 2.55. The van der Waals surface area contributed by atoms with E-state index in [0.29, 0.717) is 17.5 Å². The Morgan fingerprint density at radius 1 is 1.18 bits per heavy atom. The largest absolute Gasteiger partial charge is 0.301 e. The van der Waals surface area contributed by atoms with Gasteiger partial charge in [-0.05, 0) is 90.1 Å². The van der Waals surface area contributed by atoms with Gasteiger partial charge in [0.15, 0.2) is 0 Å². The van der Waals surface area contributed by atoms with E-state index < -0.39 is 0 Å². The Balaban J connectivity index is 1.37. The van der Waals surface area contributed by atoms with E-state index in [1.54, 1.807) is 0 Å². The van der Waals surface area contributed by atoms with Gasteiger partial charge in [0.2, 0.25) is 0 Å². The summed E-state index contributed by atoms with van der Waals surface area (Å²) in [4.78, 5) is 5.35. The molecule has 1 aliphatic carbocycles. The molecule has 3 fully saturated rings. The third kappa shape index (κ3) is 3.67. The minimum Gasteiger partial charge on any atom is -0.301 e. The first-order chi connectivity index (χ1) is 10.4. The van der Waals surface area contributed by atoms with Gasteiger partial charge in [-0.2, -0.15) is 0 Å². The van der Waals surface area contributed by atoms with Crippen LogP contribution in [0.2, 0.25) is 0 Å². The predicted molar refractivity (Wildman–Crippen MR) is 90.9 cm³/mol. The second-order valence-electron chi connectivity index (χ2n) is 9.01. The Kier molecular flexibility index (Phi) is 4.85. The lowest BCUT2D eigenvalue weighted by atomic mass is 9.85. The molecule has 2 heterocycles. The molecule has 0 aromatic rings. The third-order valence-electron chi connectivity index (χ3n) is 6.83. The summed E-state index contributed by atoms with van der Waals surface area (Å²) in [5, 5.41) is 0. The van der Waals surface area contributed by atoms with Crippen molar-refractivity contribution in [1.29, 1.82) is 0 Å². The van der Waals surface area contributed by atoms with Gasteiger partial charge in [0.25, 0.3) is 0 Å². The summed E-state index contributed by atoms with van der Waals surface area (Å²) in [5.74, 6) is 0.640. The van der Waals surface area contributed by atoms with E-state index in [1.807, 2.05) is 0 Å². The van der Waals surface area contributed by atoms with Gasteiger partial charge in [-0.25, -0.2) is 0 Å². The lowest BCUT2D eigenvalue weighted by molar-refractivity contribution is -0.0192. The normalized spacial score (nSPS) is 27.8. The van der Waals surface area contributed by atoms with Gasteiger partial charge < -0.3 is 4.90 Å². The van der Waals surface area contributed by atoms with Crippen LogP contribution in [-0.4, -0.2) is 54.2 Å². The van der Waals surface area contributed by atoms with Gasteiger partial charge in [0.05, 0.1) is 6.67 Å². The van der Waals surface area contributed by atoms with Crippen molar-refractivity contribution < 1.29 is 4.39 Å². The summed E-state index contributed by atoms with van der Waals surface area (Å²) >= 11 is 0. The molecule has 22 heavy (non-hydrogen) atoms. The maximum Gasteiger partial charge on any atom is 0.0897 e. The quantitative estimate of drug-likeness (QED) is 0.698. The lowest BCUT2D eigenvalue weighted by Crippen LogP contribution is -2.58. The molecule has 0 bridgehead atoms. The summed E-state index contributed by atoms with van der Waals surface area (Å²) in [7, 11) is 0. The molecule has 1 saturated carbocycles. The highest BCUT2D eigenvalue weighted by molar-refractivity contribution is 5.08. The smallest absolute Gasteiger partial charge is 0.0897 e. The Bertz CT molecular complexity index is 362. The number of hydrogen-bond acceptors (Lipinski definition) is 2. The lowest BCUT2D eigenvalue weighted by Gasteiger charge is -2.51. The van der Waals surface area contributed by atoms with Crippen molar-refractivity contribution in [3.63, 3.8) is 0 Å². The van der Waals surface area contributed by atoms with Crippen LogP contribution in [0.3, 0.4) is 0 Å². The van der Waals surface area contributed by atoms with E-state index in [1.165, 1.54) is 64.7 Å². The van der Waals surface area contributed by atoms with E-state index in [9.17, 15) is 4.39 Å². The number of hydrogen-bond donors (Lipinski definition) is 0. The van der Waals surface area contributed by atoms with Gasteiger partial charge in [0, 0.05) is 24.7 Å². The van der Waals surface area contributed by atoms with Gasteiger partial charge >= 0.3 is 0 Å². The van der Waals surface area contributed by atoms with Crippen molar-refractivity contribution in [3.8, 4) is 0 Å².